The number of rotatable bonds is 5. The predicted molar refractivity (Wildman–Crippen MR) is 90.8 cm³/mol. The van der Waals surface area contributed by atoms with Crippen LogP contribution in [-0.2, 0) is 25.6 Å². The molecule has 1 aliphatic carbocycles. The van der Waals surface area contributed by atoms with Gasteiger partial charge in [-0.15, -0.1) is 0 Å². The van der Waals surface area contributed by atoms with Crippen LogP contribution in [0.25, 0.3) is 0 Å². The van der Waals surface area contributed by atoms with Gasteiger partial charge >= 0.3 is 12.1 Å². The molecule has 156 valence electrons. The van der Waals surface area contributed by atoms with Gasteiger partial charge in [-0.1, -0.05) is 12.1 Å². The lowest BCUT2D eigenvalue weighted by Crippen LogP contribution is -2.42. The largest absolute Gasteiger partial charge is 0.480 e. The number of hydrogen-bond acceptors (Lipinski definition) is 6. The van der Waals surface area contributed by atoms with Gasteiger partial charge in [0.2, 0.25) is 5.91 Å². The first-order chi connectivity index (χ1) is 13.4. The number of carbonyl (C=O) groups excluding carboxylic acids is 1. The number of benzene rings is 1. The fourth-order valence-corrected chi connectivity index (χ4v) is 5.77. The Kier molecular flexibility index (Phi) is 4.87. The van der Waals surface area contributed by atoms with E-state index in [-0.39, 0.29) is 6.42 Å². The topological polar surface area (TPSA) is 142 Å². The molecule has 1 aromatic carbocycles. The van der Waals surface area contributed by atoms with Crippen LogP contribution in [0, 0.1) is 16.7 Å². The van der Waals surface area contributed by atoms with Crippen LogP contribution in [-0.4, -0.2) is 54.2 Å². The van der Waals surface area contributed by atoms with Crippen molar-refractivity contribution in [2.24, 2.45) is 11.1 Å². The smallest absolute Gasteiger partial charge is 0.417 e. The highest BCUT2D eigenvalue weighted by Gasteiger charge is 2.66. The molecule has 1 aliphatic heterocycles. The molecular formula is C17H16F3N3O5S. The highest BCUT2D eigenvalue weighted by Crippen LogP contribution is 2.51. The average molecular weight is 431 g/mol. The fraction of sp³-hybridized carbons (Fsp3) is 0.471. The number of amides is 1. The quantitative estimate of drug-likeness (QED) is 0.701. The fourth-order valence-electron chi connectivity index (χ4n) is 3.85. The molecular weight excluding hydrogens is 415 g/mol. The Hall–Kier alpha value is -2.65. The Morgan fingerprint density at radius 2 is 1.93 bits per heavy atom. The third-order valence-electron chi connectivity index (χ3n) is 5.49. The third-order valence-corrected chi connectivity index (χ3v) is 7.68. The van der Waals surface area contributed by atoms with E-state index in [1.807, 2.05) is 0 Å². The number of nitrogens with two attached hydrogens (primary N) is 1. The second-order valence-electron chi connectivity index (χ2n) is 7.11. The zero-order chi connectivity index (χ0) is 21.8. The molecule has 0 spiro atoms. The lowest BCUT2D eigenvalue weighted by atomic mass is 10.1. The molecule has 0 radical (unpaired) electrons. The highest BCUT2D eigenvalue weighted by atomic mass is 32.2. The summed E-state index contributed by atoms with van der Waals surface area (Å²) in [7, 11) is -4.55. The molecule has 0 aromatic heterocycles. The summed E-state index contributed by atoms with van der Waals surface area (Å²) in [6, 6.07) is 3.16. The zero-order valence-corrected chi connectivity index (χ0v) is 15.6. The van der Waals surface area contributed by atoms with E-state index < -0.39 is 74.1 Å². The molecule has 1 saturated heterocycles. The van der Waals surface area contributed by atoms with Crippen molar-refractivity contribution >= 4 is 21.7 Å². The van der Waals surface area contributed by atoms with Crippen molar-refractivity contribution in [1.29, 1.82) is 5.26 Å². The van der Waals surface area contributed by atoms with Crippen LogP contribution in [0.1, 0.15) is 18.4 Å². The number of primary amides is 1. The van der Waals surface area contributed by atoms with Crippen molar-refractivity contribution in [2.75, 3.05) is 6.54 Å². The highest BCUT2D eigenvalue weighted by molar-refractivity contribution is 7.92. The van der Waals surface area contributed by atoms with Gasteiger partial charge in [0.05, 0.1) is 21.8 Å². The van der Waals surface area contributed by atoms with E-state index in [1.165, 1.54) is 4.90 Å². The first-order valence-corrected chi connectivity index (χ1v) is 10.0. The molecule has 1 aromatic rings. The van der Waals surface area contributed by atoms with Gasteiger partial charge in [0.25, 0.3) is 0 Å². The summed E-state index contributed by atoms with van der Waals surface area (Å²) in [4.78, 5) is 23.5. The molecule has 4 atom stereocenters. The van der Waals surface area contributed by atoms with Gasteiger partial charge in [-0.3, -0.25) is 14.5 Å². The third kappa shape index (κ3) is 3.34. The summed E-state index contributed by atoms with van der Waals surface area (Å²) in [5.41, 5.74) is 2.26. The number of sulfone groups is 1. The number of halogens is 3. The summed E-state index contributed by atoms with van der Waals surface area (Å²) in [5, 5.41) is 17.3. The summed E-state index contributed by atoms with van der Waals surface area (Å²) < 4.78 is 65.7. The number of alkyl halides is 3. The molecule has 2 fully saturated rings. The van der Waals surface area contributed by atoms with E-state index in [0.29, 0.717) is 6.07 Å². The van der Waals surface area contributed by atoms with Crippen molar-refractivity contribution in [3.05, 3.63) is 29.8 Å². The molecule has 3 N–H and O–H groups in total. The number of carboxylic acids is 1. The molecule has 29 heavy (non-hydrogen) atoms. The van der Waals surface area contributed by atoms with Crippen LogP contribution in [0.15, 0.2) is 29.2 Å². The second kappa shape index (κ2) is 6.70. The lowest BCUT2D eigenvalue weighted by Gasteiger charge is -2.22. The minimum Gasteiger partial charge on any atom is -0.480 e. The van der Waals surface area contributed by atoms with Crippen molar-refractivity contribution in [3.63, 3.8) is 0 Å². The van der Waals surface area contributed by atoms with Gasteiger partial charge in [0.15, 0.2) is 15.3 Å². The molecule has 2 unspecified atom stereocenters. The summed E-state index contributed by atoms with van der Waals surface area (Å²) in [5.74, 6) is -2.35. The monoisotopic (exact) mass is 431 g/mol. The van der Waals surface area contributed by atoms with Crippen molar-refractivity contribution in [2.45, 2.75) is 41.2 Å². The molecule has 1 saturated carbocycles. The van der Waals surface area contributed by atoms with E-state index in [1.54, 1.807) is 6.07 Å². The summed E-state index contributed by atoms with van der Waals surface area (Å²) >= 11 is 0. The number of aliphatic carboxylic acids is 1. The van der Waals surface area contributed by atoms with Crippen LogP contribution in [0.2, 0.25) is 0 Å². The van der Waals surface area contributed by atoms with Crippen LogP contribution in [0.4, 0.5) is 13.2 Å². The number of carbonyl (C=O) groups is 2. The van der Waals surface area contributed by atoms with E-state index in [2.05, 4.69) is 0 Å². The van der Waals surface area contributed by atoms with E-state index in [9.17, 15) is 41.5 Å². The Morgan fingerprint density at radius 1 is 1.31 bits per heavy atom. The summed E-state index contributed by atoms with van der Waals surface area (Å²) in [6.07, 6.45) is -5.44. The standard InChI is InChI=1S/C17H16F3N3O5S/c18-17(19,20)10-3-1-2-4-12(10)29(27,28)9-5-11(14(24)25)23(7-9)13-6-16(13,8-21)15(22)26/h1-4,9,11,13H,5-7H2,(H2,22,26)(H,24,25)/t9-,11-,13?,16?/m0/s1. The van der Waals surface area contributed by atoms with E-state index >= 15 is 0 Å². The molecule has 3 rings (SSSR count). The van der Waals surface area contributed by atoms with Gasteiger partial charge in [0, 0.05) is 12.6 Å². The van der Waals surface area contributed by atoms with Crippen LogP contribution < -0.4 is 5.73 Å². The minimum atomic E-state index is -4.91. The maximum absolute atomic E-state index is 13.3. The summed E-state index contributed by atoms with van der Waals surface area (Å²) in [6.45, 7) is -0.424. The van der Waals surface area contributed by atoms with Gasteiger partial charge < -0.3 is 10.8 Å². The Morgan fingerprint density at radius 3 is 2.41 bits per heavy atom. The van der Waals surface area contributed by atoms with Crippen LogP contribution in [0.5, 0.6) is 0 Å². The first kappa shape index (κ1) is 21.1. The van der Waals surface area contributed by atoms with Gasteiger partial charge in [0.1, 0.15) is 6.04 Å². The SMILES string of the molecule is N#CC1(C(N)=O)CC1N1C[C@@H](S(=O)(=O)c2ccccc2C(F)(F)F)C[C@H]1C(=O)O. The zero-order valence-electron chi connectivity index (χ0n) is 14.8. The molecule has 0 bridgehead atoms. The number of nitrogens with zero attached hydrogens (tertiary/aromatic N) is 2. The maximum Gasteiger partial charge on any atom is 0.417 e. The molecule has 1 amide bonds. The lowest BCUT2D eigenvalue weighted by molar-refractivity contribution is -0.143. The maximum atomic E-state index is 13.3. The predicted octanol–water partition coefficient (Wildman–Crippen LogP) is 0.774. The van der Waals surface area contributed by atoms with Crippen molar-refractivity contribution < 1.29 is 36.3 Å². The molecule has 12 heteroatoms. The Bertz CT molecular complexity index is 1020. The molecule has 2 aliphatic rings. The van der Waals surface area contributed by atoms with Crippen molar-refractivity contribution in [1.82, 2.24) is 4.90 Å². The average Bonchev–Trinajstić information content (AvgIpc) is 3.22. The first-order valence-electron chi connectivity index (χ1n) is 8.46. The number of hydrogen-bond donors (Lipinski definition) is 2. The van der Waals surface area contributed by atoms with E-state index in [0.717, 1.165) is 18.2 Å². The van der Waals surface area contributed by atoms with Gasteiger partial charge in [-0.25, -0.2) is 8.42 Å². The minimum absolute atomic E-state index is 0.0610. The number of likely N-dealkylation sites (tertiary alicyclic amines) is 1. The van der Waals surface area contributed by atoms with Gasteiger partial charge in [-0.2, -0.15) is 18.4 Å². The molecule has 1 heterocycles. The normalized spacial score (nSPS) is 29.9. The molecule has 8 nitrogen and oxygen atoms in total. The van der Waals surface area contributed by atoms with Crippen LogP contribution in [0.3, 0.4) is 0 Å². The van der Waals surface area contributed by atoms with Gasteiger partial charge in [-0.05, 0) is 25.0 Å². The van der Waals surface area contributed by atoms with E-state index in [4.69, 9.17) is 5.73 Å². The number of nitriles is 1. The second-order valence-corrected chi connectivity index (χ2v) is 9.31. The number of carboxylic acid groups (broad SMARTS) is 1. The van der Waals surface area contributed by atoms with Crippen LogP contribution >= 0.6 is 0 Å². The Labute approximate surface area is 163 Å². The Balaban J connectivity index is 1.97. The van der Waals surface area contributed by atoms with Crippen molar-refractivity contribution in [3.8, 4) is 6.07 Å².